The fourth-order valence-electron chi connectivity index (χ4n) is 2.94. The molecule has 1 aromatic heterocycles. The molecule has 0 spiro atoms. The monoisotopic (exact) mass is 263 g/mol. The molecule has 0 unspecified atom stereocenters. The molecular weight excluding hydrogens is 238 g/mol. The van der Waals surface area contributed by atoms with Crippen LogP contribution < -0.4 is 10.6 Å². The zero-order chi connectivity index (χ0) is 14.3. The number of anilines is 1. The molecule has 0 saturated carbocycles. The van der Waals surface area contributed by atoms with Gasteiger partial charge in [-0.15, -0.1) is 0 Å². The van der Waals surface area contributed by atoms with E-state index in [1.54, 1.807) is 0 Å². The molecule has 1 saturated heterocycles. The third-order valence-corrected chi connectivity index (χ3v) is 3.31. The number of nitrogens with two attached hydrogens (primary N) is 1. The average molecular weight is 263 g/mol. The normalized spacial score (nSPS) is 21.5. The van der Waals surface area contributed by atoms with E-state index in [4.69, 9.17) is 10.5 Å². The predicted octanol–water partition coefficient (Wildman–Crippen LogP) is 2.24. The number of pyridine rings is 1. The van der Waals surface area contributed by atoms with Gasteiger partial charge in [0.2, 0.25) is 0 Å². The third-order valence-electron chi connectivity index (χ3n) is 3.31. The van der Waals surface area contributed by atoms with E-state index in [1.165, 1.54) is 0 Å². The minimum absolute atomic E-state index is 0.182. The summed E-state index contributed by atoms with van der Waals surface area (Å²) in [6.07, 6.45) is 0. The minimum atomic E-state index is -0.182. The Morgan fingerprint density at radius 1 is 1.21 bits per heavy atom. The van der Waals surface area contributed by atoms with Crippen molar-refractivity contribution in [1.82, 2.24) is 4.98 Å². The van der Waals surface area contributed by atoms with Gasteiger partial charge in [0.05, 0.1) is 11.2 Å². The van der Waals surface area contributed by atoms with Crippen LogP contribution in [0.3, 0.4) is 0 Å². The molecule has 0 radical (unpaired) electrons. The highest BCUT2D eigenvalue weighted by Gasteiger charge is 2.39. The summed E-state index contributed by atoms with van der Waals surface area (Å²) in [5.74, 6) is 1.01. The van der Waals surface area contributed by atoms with Crippen molar-refractivity contribution < 1.29 is 4.74 Å². The number of ether oxygens (including phenoxy) is 1. The topological polar surface area (TPSA) is 51.4 Å². The predicted molar refractivity (Wildman–Crippen MR) is 78.3 cm³/mol. The van der Waals surface area contributed by atoms with Crippen molar-refractivity contribution in [2.24, 2.45) is 5.73 Å². The lowest BCUT2D eigenvalue weighted by atomic mass is 9.98. The molecule has 0 bridgehead atoms. The Bertz CT molecular complexity index is 452. The summed E-state index contributed by atoms with van der Waals surface area (Å²) in [6, 6.07) is 4.09. The van der Waals surface area contributed by atoms with E-state index >= 15 is 0 Å². The Balaban J connectivity index is 2.38. The first kappa shape index (κ1) is 14.3. The van der Waals surface area contributed by atoms with Crippen molar-refractivity contribution in [3.05, 3.63) is 23.4 Å². The summed E-state index contributed by atoms with van der Waals surface area (Å²) in [5, 5.41) is 0. The van der Waals surface area contributed by atoms with E-state index in [9.17, 15) is 0 Å². The first-order chi connectivity index (χ1) is 8.72. The van der Waals surface area contributed by atoms with Crippen molar-refractivity contribution in [3.8, 4) is 0 Å². The number of aromatic nitrogens is 1. The van der Waals surface area contributed by atoms with Gasteiger partial charge in [-0.05, 0) is 40.7 Å². The quantitative estimate of drug-likeness (QED) is 0.889. The van der Waals surface area contributed by atoms with Gasteiger partial charge in [-0.1, -0.05) is 6.07 Å². The number of aryl methyl sites for hydroxylation is 1. The van der Waals surface area contributed by atoms with Crippen molar-refractivity contribution in [1.29, 1.82) is 0 Å². The molecule has 1 aliphatic rings. The molecule has 2 N–H and O–H groups in total. The molecule has 0 amide bonds. The molecule has 1 fully saturated rings. The van der Waals surface area contributed by atoms with Crippen LogP contribution in [0.5, 0.6) is 0 Å². The van der Waals surface area contributed by atoms with Gasteiger partial charge < -0.3 is 15.4 Å². The molecular formula is C15H25N3O. The van der Waals surface area contributed by atoms with Crippen LogP contribution in [0.2, 0.25) is 0 Å². The van der Waals surface area contributed by atoms with E-state index < -0.39 is 0 Å². The lowest BCUT2D eigenvalue weighted by molar-refractivity contribution is -0.133. The van der Waals surface area contributed by atoms with Crippen LogP contribution in [0.15, 0.2) is 12.1 Å². The first-order valence-corrected chi connectivity index (χ1v) is 6.84. The van der Waals surface area contributed by atoms with Crippen LogP contribution in [0.4, 0.5) is 5.82 Å². The highest BCUT2D eigenvalue weighted by Crippen LogP contribution is 2.32. The van der Waals surface area contributed by atoms with Gasteiger partial charge in [0, 0.05) is 30.9 Å². The van der Waals surface area contributed by atoms with E-state index in [0.717, 1.165) is 30.2 Å². The van der Waals surface area contributed by atoms with Crippen molar-refractivity contribution >= 4 is 5.82 Å². The summed E-state index contributed by atoms with van der Waals surface area (Å²) in [5.41, 5.74) is 7.60. The molecule has 4 nitrogen and oxygen atoms in total. The molecule has 0 aromatic carbocycles. The molecule has 19 heavy (non-hydrogen) atoms. The molecule has 4 heteroatoms. The van der Waals surface area contributed by atoms with Crippen LogP contribution in [-0.2, 0) is 11.3 Å². The van der Waals surface area contributed by atoms with Gasteiger partial charge in [0.25, 0.3) is 0 Å². The first-order valence-electron chi connectivity index (χ1n) is 6.84. The second-order valence-electron chi connectivity index (χ2n) is 6.62. The lowest BCUT2D eigenvalue weighted by Crippen LogP contribution is -2.57. The highest BCUT2D eigenvalue weighted by atomic mass is 16.5. The summed E-state index contributed by atoms with van der Waals surface area (Å²) in [6.45, 7) is 12.7. The van der Waals surface area contributed by atoms with Crippen LogP contribution >= 0.6 is 0 Å². The number of hydrogen-bond donors (Lipinski definition) is 1. The standard InChI is InChI=1S/C15H25N3O/c1-11-6-7-12(8-16)13(17-11)18-9-14(2,3)19-15(4,5)10-18/h6-7H,8-10,16H2,1-5H3. The summed E-state index contributed by atoms with van der Waals surface area (Å²) in [7, 11) is 0. The van der Waals surface area contributed by atoms with E-state index in [2.05, 4.69) is 43.6 Å². The Kier molecular flexibility index (Phi) is 3.58. The Morgan fingerprint density at radius 2 is 1.79 bits per heavy atom. The number of nitrogens with zero attached hydrogens (tertiary/aromatic N) is 2. The molecule has 2 heterocycles. The van der Waals surface area contributed by atoms with Gasteiger partial charge in [-0.2, -0.15) is 0 Å². The van der Waals surface area contributed by atoms with Gasteiger partial charge in [0.15, 0.2) is 0 Å². The van der Waals surface area contributed by atoms with Crippen LogP contribution in [-0.4, -0.2) is 29.3 Å². The zero-order valence-electron chi connectivity index (χ0n) is 12.7. The average Bonchev–Trinajstić information content (AvgIpc) is 2.24. The molecule has 0 atom stereocenters. The number of rotatable bonds is 2. The van der Waals surface area contributed by atoms with Crippen molar-refractivity contribution in [2.75, 3.05) is 18.0 Å². The number of morpholine rings is 1. The zero-order valence-corrected chi connectivity index (χ0v) is 12.7. The largest absolute Gasteiger partial charge is 0.366 e. The Morgan fingerprint density at radius 3 is 2.32 bits per heavy atom. The molecule has 0 aliphatic carbocycles. The lowest BCUT2D eigenvalue weighted by Gasteiger charge is -2.48. The van der Waals surface area contributed by atoms with Crippen LogP contribution in [0, 0.1) is 6.92 Å². The van der Waals surface area contributed by atoms with Gasteiger partial charge in [0.1, 0.15) is 5.82 Å². The maximum Gasteiger partial charge on any atom is 0.133 e. The van der Waals surface area contributed by atoms with E-state index in [0.29, 0.717) is 6.54 Å². The number of hydrogen-bond acceptors (Lipinski definition) is 4. The summed E-state index contributed by atoms with van der Waals surface area (Å²) < 4.78 is 6.12. The van der Waals surface area contributed by atoms with Gasteiger partial charge in [-0.3, -0.25) is 0 Å². The smallest absolute Gasteiger partial charge is 0.133 e. The SMILES string of the molecule is Cc1ccc(CN)c(N2CC(C)(C)OC(C)(C)C2)n1. The molecule has 1 aromatic rings. The van der Waals surface area contributed by atoms with Crippen LogP contribution in [0.25, 0.3) is 0 Å². The molecule has 1 aliphatic heterocycles. The minimum Gasteiger partial charge on any atom is -0.366 e. The Hall–Kier alpha value is -1.13. The second kappa shape index (κ2) is 4.76. The molecule has 106 valence electrons. The van der Waals surface area contributed by atoms with Crippen LogP contribution in [0.1, 0.15) is 39.0 Å². The van der Waals surface area contributed by atoms with E-state index in [1.807, 2.05) is 13.0 Å². The maximum atomic E-state index is 6.12. The van der Waals surface area contributed by atoms with Crippen molar-refractivity contribution in [2.45, 2.75) is 52.4 Å². The molecule has 2 rings (SSSR count). The second-order valence-corrected chi connectivity index (χ2v) is 6.62. The Labute approximate surface area is 116 Å². The van der Waals surface area contributed by atoms with Crippen molar-refractivity contribution in [3.63, 3.8) is 0 Å². The fourth-order valence-corrected chi connectivity index (χ4v) is 2.94. The van der Waals surface area contributed by atoms with Gasteiger partial charge in [-0.25, -0.2) is 4.98 Å². The fraction of sp³-hybridized carbons (Fsp3) is 0.667. The maximum absolute atomic E-state index is 6.12. The van der Waals surface area contributed by atoms with Gasteiger partial charge >= 0.3 is 0 Å². The van der Waals surface area contributed by atoms with E-state index in [-0.39, 0.29) is 11.2 Å². The summed E-state index contributed by atoms with van der Waals surface area (Å²) in [4.78, 5) is 6.99. The third kappa shape index (κ3) is 3.25. The highest BCUT2D eigenvalue weighted by molar-refractivity contribution is 5.49. The summed E-state index contributed by atoms with van der Waals surface area (Å²) >= 11 is 0.